The Hall–Kier alpha value is -1.59. The van der Waals surface area contributed by atoms with E-state index in [1.54, 1.807) is 13.8 Å². The van der Waals surface area contributed by atoms with Gasteiger partial charge in [-0.25, -0.2) is 4.79 Å². The molecule has 0 radical (unpaired) electrons. The minimum absolute atomic E-state index is 0.00203. The van der Waals surface area contributed by atoms with Gasteiger partial charge in [0, 0.05) is 13.0 Å². The van der Waals surface area contributed by atoms with Gasteiger partial charge in [-0.15, -0.1) is 0 Å². The molecule has 3 amide bonds. The van der Waals surface area contributed by atoms with Crippen molar-refractivity contribution in [2.24, 2.45) is 16.7 Å². The molecular weight excluding hydrogens is 272 g/mol. The van der Waals surface area contributed by atoms with Crippen LogP contribution in [-0.2, 0) is 9.59 Å². The number of carbonyl (C=O) groups excluding carboxylic acids is 2. The summed E-state index contributed by atoms with van der Waals surface area (Å²) in [6.07, 6.45) is 2.09. The second kappa shape index (κ2) is 6.45. The molecule has 21 heavy (non-hydrogen) atoms. The first kappa shape index (κ1) is 17.5. The third kappa shape index (κ3) is 5.73. The second-order valence-corrected chi connectivity index (χ2v) is 7.16. The van der Waals surface area contributed by atoms with Crippen LogP contribution in [0.2, 0.25) is 0 Å². The molecule has 0 aliphatic heterocycles. The van der Waals surface area contributed by atoms with Crippen LogP contribution >= 0.6 is 0 Å². The van der Waals surface area contributed by atoms with Gasteiger partial charge in [-0.2, -0.15) is 0 Å². The zero-order valence-electron chi connectivity index (χ0n) is 13.3. The molecule has 0 bridgehead atoms. The lowest BCUT2D eigenvalue weighted by Gasteiger charge is -2.22. The summed E-state index contributed by atoms with van der Waals surface area (Å²) in [5.41, 5.74) is -0.491. The fourth-order valence-electron chi connectivity index (χ4n) is 2.50. The minimum Gasteiger partial charge on any atom is -0.481 e. The van der Waals surface area contributed by atoms with Crippen molar-refractivity contribution in [3.05, 3.63) is 0 Å². The van der Waals surface area contributed by atoms with E-state index in [0.29, 0.717) is 12.5 Å². The lowest BCUT2D eigenvalue weighted by atomic mass is 9.85. The van der Waals surface area contributed by atoms with E-state index in [0.717, 1.165) is 12.8 Å². The van der Waals surface area contributed by atoms with Gasteiger partial charge in [-0.1, -0.05) is 27.7 Å². The van der Waals surface area contributed by atoms with Gasteiger partial charge in [-0.05, 0) is 29.6 Å². The maximum atomic E-state index is 11.8. The Labute approximate surface area is 125 Å². The molecule has 0 unspecified atom stereocenters. The highest BCUT2D eigenvalue weighted by Crippen LogP contribution is 2.51. The van der Waals surface area contributed by atoms with Gasteiger partial charge in [-0.3, -0.25) is 14.9 Å². The predicted octanol–water partition coefficient (Wildman–Crippen LogP) is 2.14. The molecule has 0 aromatic rings. The highest BCUT2D eigenvalue weighted by molar-refractivity contribution is 5.94. The van der Waals surface area contributed by atoms with Crippen molar-refractivity contribution in [2.45, 2.75) is 53.4 Å². The van der Waals surface area contributed by atoms with Crippen LogP contribution in [0.15, 0.2) is 0 Å². The average Bonchev–Trinajstić information content (AvgIpc) is 3.03. The third-order valence-corrected chi connectivity index (χ3v) is 4.24. The largest absolute Gasteiger partial charge is 0.481 e. The van der Waals surface area contributed by atoms with E-state index in [1.807, 2.05) is 0 Å². The quantitative estimate of drug-likeness (QED) is 0.671. The molecular formula is C15H26N2O4. The Morgan fingerprint density at radius 1 is 1.19 bits per heavy atom. The molecule has 1 saturated carbocycles. The molecule has 0 saturated heterocycles. The molecule has 0 spiro atoms. The Kier molecular flexibility index (Phi) is 5.36. The Balaban J connectivity index is 2.34. The minimum atomic E-state index is -0.954. The van der Waals surface area contributed by atoms with E-state index in [1.165, 1.54) is 0 Å². The number of amides is 3. The maximum Gasteiger partial charge on any atom is 0.321 e. The monoisotopic (exact) mass is 298 g/mol. The van der Waals surface area contributed by atoms with Crippen molar-refractivity contribution in [2.75, 3.05) is 6.54 Å². The van der Waals surface area contributed by atoms with E-state index >= 15 is 0 Å². The number of carboxylic acids is 1. The van der Waals surface area contributed by atoms with Gasteiger partial charge in [0.1, 0.15) is 0 Å². The SMILES string of the molecule is CC(C)C1(CNC(=O)NC(=O)CC(C)(C)CC(=O)O)CC1. The number of carboxylic acid groups (broad SMARTS) is 1. The topological polar surface area (TPSA) is 95.5 Å². The molecule has 0 atom stereocenters. The normalized spacial score (nSPS) is 16.4. The fraction of sp³-hybridized carbons (Fsp3) is 0.800. The summed E-state index contributed by atoms with van der Waals surface area (Å²) >= 11 is 0. The molecule has 0 aromatic carbocycles. The Morgan fingerprint density at radius 2 is 1.76 bits per heavy atom. The van der Waals surface area contributed by atoms with Crippen LogP contribution in [0.4, 0.5) is 4.79 Å². The zero-order chi connectivity index (χ0) is 16.3. The first-order valence-electron chi connectivity index (χ1n) is 7.36. The molecule has 6 nitrogen and oxygen atoms in total. The molecule has 0 heterocycles. The predicted molar refractivity (Wildman–Crippen MR) is 78.7 cm³/mol. The summed E-state index contributed by atoms with van der Waals surface area (Å²) in [5, 5.41) is 13.8. The molecule has 3 N–H and O–H groups in total. The first-order chi connectivity index (χ1) is 9.56. The van der Waals surface area contributed by atoms with E-state index in [4.69, 9.17) is 5.11 Å². The Bertz CT molecular complexity index is 425. The van der Waals surface area contributed by atoms with Gasteiger partial charge in [0.2, 0.25) is 5.91 Å². The van der Waals surface area contributed by atoms with Crippen LogP contribution in [0, 0.1) is 16.7 Å². The highest BCUT2D eigenvalue weighted by Gasteiger charge is 2.45. The molecule has 1 aliphatic carbocycles. The van der Waals surface area contributed by atoms with E-state index < -0.39 is 23.3 Å². The number of aliphatic carboxylic acids is 1. The Morgan fingerprint density at radius 3 is 2.19 bits per heavy atom. The van der Waals surface area contributed by atoms with Gasteiger partial charge in [0.25, 0.3) is 0 Å². The van der Waals surface area contributed by atoms with Crippen molar-refractivity contribution in [1.82, 2.24) is 10.6 Å². The highest BCUT2D eigenvalue weighted by atomic mass is 16.4. The third-order valence-electron chi connectivity index (χ3n) is 4.24. The van der Waals surface area contributed by atoms with Gasteiger partial charge in [0.15, 0.2) is 0 Å². The molecule has 1 fully saturated rings. The van der Waals surface area contributed by atoms with Crippen molar-refractivity contribution < 1.29 is 19.5 Å². The molecule has 1 aliphatic rings. The number of hydrogen-bond acceptors (Lipinski definition) is 3. The fourth-order valence-corrected chi connectivity index (χ4v) is 2.50. The molecule has 1 rings (SSSR count). The van der Waals surface area contributed by atoms with Crippen LogP contribution in [-0.4, -0.2) is 29.6 Å². The lowest BCUT2D eigenvalue weighted by Crippen LogP contribution is -2.43. The summed E-state index contributed by atoms with van der Waals surface area (Å²) in [7, 11) is 0. The van der Waals surface area contributed by atoms with E-state index in [-0.39, 0.29) is 18.3 Å². The van der Waals surface area contributed by atoms with Crippen molar-refractivity contribution in [1.29, 1.82) is 0 Å². The second-order valence-electron chi connectivity index (χ2n) is 7.16. The number of rotatable bonds is 7. The van der Waals surface area contributed by atoms with Gasteiger partial charge in [0.05, 0.1) is 6.42 Å². The summed E-state index contributed by atoms with van der Waals surface area (Å²) < 4.78 is 0. The van der Waals surface area contributed by atoms with Crippen LogP contribution in [0.3, 0.4) is 0 Å². The van der Waals surface area contributed by atoms with Gasteiger partial charge < -0.3 is 10.4 Å². The van der Waals surface area contributed by atoms with Crippen molar-refractivity contribution in [3.63, 3.8) is 0 Å². The van der Waals surface area contributed by atoms with Crippen LogP contribution < -0.4 is 10.6 Å². The first-order valence-corrected chi connectivity index (χ1v) is 7.36. The number of imide groups is 1. The molecule has 120 valence electrons. The molecule has 0 aromatic heterocycles. The smallest absolute Gasteiger partial charge is 0.321 e. The number of urea groups is 1. The van der Waals surface area contributed by atoms with Crippen LogP contribution in [0.5, 0.6) is 0 Å². The van der Waals surface area contributed by atoms with Crippen LogP contribution in [0.1, 0.15) is 53.4 Å². The molecule has 6 heteroatoms. The summed E-state index contributed by atoms with van der Waals surface area (Å²) in [4.78, 5) is 34.2. The number of hydrogen-bond donors (Lipinski definition) is 3. The number of carbonyl (C=O) groups is 3. The standard InChI is InChI=1S/C15H26N2O4/c1-10(2)15(5-6-15)9-16-13(21)17-11(18)7-14(3,4)8-12(19)20/h10H,5-9H2,1-4H3,(H,19,20)(H2,16,17,18,21). The maximum absolute atomic E-state index is 11.8. The summed E-state index contributed by atoms with van der Waals surface area (Å²) in [6.45, 7) is 8.22. The zero-order valence-corrected chi connectivity index (χ0v) is 13.3. The van der Waals surface area contributed by atoms with Crippen molar-refractivity contribution in [3.8, 4) is 0 Å². The lowest BCUT2D eigenvalue weighted by molar-refractivity contribution is -0.139. The summed E-state index contributed by atoms with van der Waals surface area (Å²) in [5.74, 6) is -0.902. The van der Waals surface area contributed by atoms with Crippen LogP contribution in [0.25, 0.3) is 0 Å². The summed E-state index contributed by atoms with van der Waals surface area (Å²) in [6, 6.07) is -0.502. The number of nitrogens with one attached hydrogen (secondary N) is 2. The van der Waals surface area contributed by atoms with E-state index in [2.05, 4.69) is 24.5 Å². The average molecular weight is 298 g/mol. The van der Waals surface area contributed by atoms with E-state index in [9.17, 15) is 14.4 Å². The van der Waals surface area contributed by atoms with Crippen molar-refractivity contribution >= 4 is 17.9 Å². The van der Waals surface area contributed by atoms with Gasteiger partial charge >= 0.3 is 12.0 Å².